The van der Waals surface area contributed by atoms with Crippen molar-refractivity contribution in [2.45, 2.75) is 13.5 Å². The van der Waals surface area contributed by atoms with Crippen molar-refractivity contribution < 1.29 is 9.53 Å². The lowest BCUT2D eigenvalue weighted by Crippen LogP contribution is -2.27. The van der Waals surface area contributed by atoms with Crippen LogP contribution in [-0.2, 0) is 11.4 Å². The Morgan fingerprint density at radius 3 is 2.50 bits per heavy atom. The zero-order valence-electron chi connectivity index (χ0n) is 13.9. The molecule has 1 fully saturated rings. The van der Waals surface area contributed by atoms with Crippen molar-refractivity contribution >= 4 is 63.5 Å². The predicted molar refractivity (Wildman–Crippen MR) is 113 cm³/mol. The van der Waals surface area contributed by atoms with Gasteiger partial charge in [0.05, 0.1) is 15.0 Å². The standard InChI is InChI=1S/C19H15Cl2NO2S2/c1-2-22-18(23)17(26-19(22)25)10-12-3-6-14(7-4-12)24-11-13-5-8-15(20)16(21)9-13/h3-10H,2,11H2,1H3/b17-10-. The molecule has 0 aliphatic carbocycles. The smallest absolute Gasteiger partial charge is 0.266 e. The fraction of sp³-hybridized carbons (Fsp3) is 0.158. The number of ether oxygens (including phenoxy) is 1. The van der Waals surface area contributed by atoms with Gasteiger partial charge in [-0.2, -0.15) is 0 Å². The second kappa shape index (κ2) is 8.44. The summed E-state index contributed by atoms with van der Waals surface area (Å²) in [6.45, 7) is 2.89. The van der Waals surface area contributed by atoms with E-state index < -0.39 is 0 Å². The lowest BCUT2D eigenvalue weighted by atomic mass is 10.2. The van der Waals surface area contributed by atoms with Crippen molar-refractivity contribution in [2.75, 3.05) is 6.54 Å². The molecule has 0 aromatic heterocycles. The summed E-state index contributed by atoms with van der Waals surface area (Å²) in [6, 6.07) is 12.9. The predicted octanol–water partition coefficient (Wildman–Crippen LogP) is 5.79. The van der Waals surface area contributed by atoms with E-state index >= 15 is 0 Å². The van der Waals surface area contributed by atoms with Crippen molar-refractivity contribution in [1.29, 1.82) is 0 Å². The molecule has 1 aliphatic rings. The first kappa shape index (κ1) is 19.2. The number of benzene rings is 2. The maximum Gasteiger partial charge on any atom is 0.266 e. The van der Waals surface area contributed by atoms with Crippen LogP contribution in [0.5, 0.6) is 5.75 Å². The highest BCUT2D eigenvalue weighted by atomic mass is 35.5. The highest BCUT2D eigenvalue weighted by Gasteiger charge is 2.30. The van der Waals surface area contributed by atoms with E-state index in [9.17, 15) is 4.79 Å². The van der Waals surface area contributed by atoms with Crippen molar-refractivity contribution in [3.05, 3.63) is 68.5 Å². The Hall–Kier alpha value is -1.53. The van der Waals surface area contributed by atoms with Gasteiger partial charge in [0, 0.05) is 6.54 Å². The molecule has 0 atom stereocenters. The summed E-state index contributed by atoms with van der Waals surface area (Å²) >= 11 is 18.5. The Labute approximate surface area is 171 Å². The second-order valence-electron chi connectivity index (χ2n) is 5.53. The van der Waals surface area contributed by atoms with Gasteiger partial charge in [-0.1, -0.05) is 65.4 Å². The average Bonchev–Trinajstić information content (AvgIpc) is 2.90. The Morgan fingerprint density at radius 2 is 1.88 bits per heavy atom. The van der Waals surface area contributed by atoms with Gasteiger partial charge in [0.25, 0.3) is 5.91 Å². The molecule has 134 valence electrons. The van der Waals surface area contributed by atoms with Gasteiger partial charge < -0.3 is 4.74 Å². The van der Waals surface area contributed by atoms with Crippen LogP contribution in [0.15, 0.2) is 47.4 Å². The number of amides is 1. The first-order valence-corrected chi connectivity index (χ1v) is 9.88. The van der Waals surface area contributed by atoms with Gasteiger partial charge in [0.2, 0.25) is 0 Å². The molecule has 2 aromatic rings. The van der Waals surface area contributed by atoms with E-state index in [2.05, 4.69) is 0 Å². The van der Waals surface area contributed by atoms with Gasteiger partial charge in [-0.25, -0.2) is 0 Å². The first-order chi connectivity index (χ1) is 12.5. The largest absolute Gasteiger partial charge is 0.489 e. The lowest BCUT2D eigenvalue weighted by molar-refractivity contribution is -0.121. The second-order valence-corrected chi connectivity index (χ2v) is 8.02. The summed E-state index contributed by atoms with van der Waals surface area (Å²) in [5.74, 6) is 0.691. The molecular weight excluding hydrogens is 409 g/mol. The normalized spacial score (nSPS) is 15.8. The Morgan fingerprint density at radius 1 is 1.15 bits per heavy atom. The van der Waals surface area contributed by atoms with Gasteiger partial charge in [0.15, 0.2) is 0 Å². The molecule has 1 amide bonds. The molecule has 1 aliphatic heterocycles. The average molecular weight is 424 g/mol. The molecule has 0 spiro atoms. The molecule has 2 aromatic carbocycles. The van der Waals surface area contributed by atoms with E-state index in [1.54, 1.807) is 17.0 Å². The van der Waals surface area contributed by atoms with Crippen LogP contribution in [0, 0.1) is 0 Å². The van der Waals surface area contributed by atoms with Gasteiger partial charge in [-0.05, 0) is 48.4 Å². The van der Waals surface area contributed by atoms with E-state index in [4.69, 9.17) is 40.2 Å². The van der Waals surface area contributed by atoms with E-state index in [0.29, 0.717) is 32.4 Å². The number of hydrogen-bond donors (Lipinski definition) is 0. The van der Waals surface area contributed by atoms with Crippen molar-refractivity contribution in [3.8, 4) is 5.75 Å². The summed E-state index contributed by atoms with van der Waals surface area (Å²) in [7, 11) is 0. The summed E-state index contributed by atoms with van der Waals surface area (Å²) in [5.41, 5.74) is 1.86. The number of thiocarbonyl (C=S) groups is 1. The summed E-state index contributed by atoms with van der Waals surface area (Å²) in [4.78, 5) is 14.5. The molecular formula is C19H15Cl2NO2S2. The first-order valence-electron chi connectivity index (χ1n) is 7.90. The van der Waals surface area contributed by atoms with Gasteiger partial charge in [-0.15, -0.1) is 0 Å². The molecule has 26 heavy (non-hydrogen) atoms. The molecule has 0 radical (unpaired) electrons. The van der Waals surface area contributed by atoms with Crippen molar-refractivity contribution in [3.63, 3.8) is 0 Å². The molecule has 7 heteroatoms. The monoisotopic (exact) mass is 423 g/mol. The third kappa shape index (κ3) is 4.41. The minimum atomic E-state index is -0.0394. The molecule has 1 saturated heterocycles. The van der Waals surface area contributed by atoms with E-state index in [0.717, 1.165) is 16.9 Å². The number of halogens is 2. The number of thioether (sulfide) groups is 1. The molecule has 1 heterocycles. The van der Waals surface area contributed by atoms with Gasteiger partial charge >= 0.3 is 0 Å². The van der Waals surface area contributed by atoms with Crippen LogP contribution >= 0.6 is 47.2 Å². The molecule has 0 bridgehead atoms. The topological polar surface area (TPSA) is 29.5 Å². The fourth-order valence-corrected chi connectivity index (χ4v) is 4.09. The number of rotatable bonds is 5. The van der Waals surface area contributed by atoms with Crippen LogP contribution in [0.3, 0.4) is 0 Å². The van der Waals surface area contributed by atoms with Crippen LogP contribution in [0.1, 0.15) is 18.1 Å². The summed E-state index contributed by atoms with van der Waals surface area (Å²) < 4.78 is 6.36. The van der Waals surface area contributed by atoms with Crippen LogP contribution in [0.2, 0.25) is 10.0 Å². The highest BCUT2D eigenvalue weighted by Crippen LogP contribution is 2.32. The van der Waals surface area contributed by atoms with Crippen LogP contribution in [0.25, 0.3) is 6.08 Å². The number of hydrogen-bond acceptors (Lipinski definition) is 4. The van der Waals surface area contributed by atoms with Crippen LogP contribution in [-0.4, -0.2) is 21.7 Å². The van der Waals surface area contributed by atoms with E-state index in [1.807, 2.05) is 43.3 Å². The quantitative estimate of drug-likeness (QED) is 0.449. The van der Waals surface area contributed by atoms with Gasteiger partial charge in [-0.3, -0.25) is 9.69 Å². The van der Waals surface area contributed by atoms with Crippen molar-refractivity contribution in [1.82, 2.24) is 4.90 Å². The number of carbonyl (C=O) groups excluding carboxylic acids is 1. The molecule has 0 N–H and O–H groups in total. The zero-order chi connectivity index (χ0) is 18.7. The van der Waals surface area contributed by atoms with Crippen LogP contribution in [0.4, 0.5) is 0 Å². The van der Waals surface area contributed by atoms with Gasteiger partial charge in [0.1, 0.15) is 16.7 Å². The third-order valence-electron chi connectivity index (χ3n) is 3.76. The SMILES string of the molecule is CCN1C(=O)/C(=C/c2ccc(OCc3ccc(Cl)c(Cl)c3)cc2)SC1=S. The van der Waals surface area contributed by atoms with E-state index in [1.165, 1.54) is 11.8 Å². The third-order valence-corrected chi connectivity index (χ3v) is 5.87. The van der Waals surface area contributed by atoms with Crippen molar-refractivity contribution in [2.24, 2.45) is 0 Å². The highest BCUT2D eigenvalue weighted by molar-refractivity contribution is 8.26. The van der Waals surface area contributed by atoms with E-state index in [-0.39, 0.29) is 5.91 Å². The number of carbonyl (C=O) groups is 1. The molecule has 0 unspecified atom stereocenters. The fourth-order valence-electron chi connectivity index (χ4n) is 2.38. The molecule has 0 saturated carbocycles. The molecule has 3 nitrogen and oxygen atoms in total. The summed E-state index contributed by atoms with van der Waals surface area (Å²) in [5, 5.41) is 1.03. The number of nitrogens with zero attached hydrogens (tertiary/aromatic N) is 1. The van der Waals surface area contributed by atoms with Crippen LogP contribution < -0.4 is 4.74 Å². The maximum absolute atomic E-state index is 12.2. The Bertz CT molecular complexity index is 882. The lowest BCUT2D eigenvalue weighted by Gasteiger charge is -2.09. The summed E-state index contributed by atoms with van der Waals surface area (Å²) in [6.07, 6.45) is 1.84. The zero-order valence-corrected chi connectivity index (χ0v) is 17.0. The Kier molecular flexibility index (Phi) is 6.24. The molecule has 3 rings (SSSR count). The maximum atomic E-state index is 12.2. The minimum absolute atomic E-state index is 0.0394. The minimum Gasteiger partial charge on any atom is -0.489 e. The number of likely N-dealkylation sites (N-methyl/N-ethyl adjacent to an activating group) is 1. The Balaban J connectivity index is 1.65.